The van der Waals surface area contributed by atoms with E-state index < -0.39 is 0 Å². The van der Waals surface area contributed by atoms with Gasteiger partial charge in [-0.3, -0.25) is 9.69 Å². The standard InChI is InChI=1S/C25H35N5OS/c1-5-7-19-16-27-25(29-24(19)30(17-31)23(6-2)18(3)4)28-20-8-10-21(11-9-20)32-22-12-14-26-15-13-22/h5,7-11,16-18,22-23,26H,6,12-15H2,1-4H3,(H,27,28,29)/b7-5-. The summed E-state index contributed by atoms with van der Waals surface area (Å²) in [5.41, 5.74) is 1.76. The monoisotopic (exact) mass is 453 g/mol. The molecule has 172 valence electrons. The molecule has 2 N–H and O–H groups in total. The Balaban J connectivity index is 1.79. The van der Waals surface area contributed by atoms with E-state index in [1.807, 2.05) is 30.8 Å². The Bertz CT molecular complexity index is 894. The average Bonchev–Trinajstić information content (AvgIpc) is 2.80. The van der Waals surface area contributed by atoms with Crippen LogP contribution in [0.2, 0.25) is 0 Å². The fourth-order valence-electron chi connectivity index (χ4n) is 4.07. The van der Waals surface area contributed by atoms with Gasteiger partial charge in [0.2, 0.25) is 12.4 Å². The fraction of sp³-hybridized carbons (Fsp3) is 0.480. The van der Waals surface area contributed by atoms with Gasteiger partial charge in [-0.2, -0.15) is 4.98 Å². The molecular formula is C25H35N5OS. The van der Waals surface area contributed by atoms with Gasteiger partial charge >= 0.3 is 0 Å². The number of hydrogen-bond acceptors (Lipinski definition) is 6. The van der Waals surface area contributed by atoms with Crippen molar-refractivity contribution in [2.24, 2.45) is 5.92 Å². The molecule has 0 saturated carbocycles. The van der Waals surface area contributed by atoms with Crippen LogP contribution in [0.3, 0.4) is 0 Å². The van der Waals surface area contributed by atoms with Gasteiger partial charge in [-0.15, -0.1) is 11.8 Å². The molecule has 1 aromatic heterocycles. The molecular weight excluding hydrogens is 418 g/mol. The summed E-state index contributed by atoms with van der Waals surface area (Å²) in [5.74, 6) is 1.44. The maximum atomic E-state index is 12.1. The van der Waals surface area contributed by atoms with Gasteiger partial charge in [0.15, 0.2) is 0 Å². The lowest BCUT2D eigenvalue weighted by molar-refractivity contribution is -0.108. The molecule has 0 bridgehead atoms. The quantitative estimate of drug-likeness (QED) is 0.463. The lowest BCUT2D eigenvalue weighted by Gasteiger charge is -2.30. The maximum absolute atomic E-state index is 12.1. The number of carbonyl (C=O) groups is 1. The molecule has 7 heteroatoms. The molecule has 0 radical (unpaired) electrons. The summed E-state index contributed by atoms with van der Waals surface area (Å²) in [6.07, 6.45) is 9.82. The smallest absolute Gasteiger partial charge is 0.229 e. The highest BCUT2D eigenvalue weighted by Gasteiger charge is 2.24. The van der Waals surface area contributed by atoms with Gasteiger partial charge in [-0.1, -0.05) is 32.9 Å². The van der Waals surface area contributed by atoms with E-state index in [1.165, 1.54) is 17.7 Å². The predicted octanol–water partition coefficient (Wildman–Crippen LogP) is 5.49. The van der Waals surface area contributed by atoms with Gasteiger partial charge < -0.3 is 10.6 Å². The first kappa shape index (κ1) is 24.3. The highest BCUT2D eigenvalue weighted by Crippen LogP contribution is 2.30. The molecule has 0 aliphatic carbocycles. The zero-order chi connectivity index (χ0) is 22.9. The summed E-state index contributed by atoms with van der Waals surface area (Å²) in [6, 6.07) is 8.49. The van der Waals surface area contributed by atoms with Crippen LogP contribution in [0.5, 0.6) is 0 Å². The second kappa shape index (κ2) is 12.0. The predicted molar refractivity (Wildman–Crippen MR) is 136 cm³/mol. The summed E-state index contributed by atoms with van der Waals surface area (Å²) in [4.78, 5) is 24.3. The van der Waals surface area contributed by atoms with Gasteiger partial charge in [0, 0.05) is 33.6 Å². The Labute approximate surface area is 196 Å². The molecule has 0 spiro atoms. The first-order chi connectivity index (χ1) is 15.5. The number of rotatable bonds is 10. The van der Waals surface area contributed by atoms with Crippen molar-refractivity contribution in [1.82, 2.24) is 15.3 Å². The first-order valence-electron chi connectivity index (χ1n) is 11.5. The minimum atomic E-state index is 0.0746. The third-order valence-electron chi connectivity index (χ3n) is 5.74. The summed E-state index contributed by atoms with van der Waals surface area (Å²) < 4.78 is 0. The molecule has 1 atom stereocenters. The van der Waals surface area contributed by atoms with Crippen molar-refractivity contribution in [2.75, 3.05) is 23.3 Å². The zero-order valence-electron chi connectivity index (χ0n) is 19.5. The molecule has 2 heterocycles. The van der Waals surface area contributed by atoms with Crippen molar-refractivity contribution >= 4 is 41.7 Å². The van der Waals surface area contributed by atoms with Crippen molar-refractivity contribution in [1.29, 1.82) is 0 Å². The molecule has 1 amide bonds. The van der Waals surface area contributed by atoms with Crippen LogP contribution in [0.4, 0.5) is 17.5 Å². The number of hydrogen-bond donors (Lipinski definition) is 2. The molecule has 6 nitrogen and oxygen atoms in total. The average molecular weight is 454 g/mol. The van der Waals surface area contributed by atoms with Crippen LogP contribution in [0.1, 0.15) is 52.5 Å². The first-order valence-corrected chi connectivity index (χ1v) is 12.4. The van der Waals surface area contributed by atoms with E-state index in [1.54, 1.807) is 11.1 Å². The molecule has 1 aromatic carbocycles. The SMILES string of the molecule is C/C=C\c1cnc(Nc2ccc(SC3CCNCC3)cc2)nc1N(C=O)C(CC)C(C)C. The number of carbonyl (C=O) groups excluding carboxylic acids is 1. The van der Waals surface area contributed by atoms with E-state index >= 15 is 0 Å². The topological polar surface area (TPSA) is 70.2 Å². The summed E-state index contributed by atoms with van der Waals surface area (Å²) in [5, 5.41) is 7.40. The Morgan fingerprint density at radius 1 is 1.25 bits per heavy atom. The Morgan fingerprint density at radius 3 is 2.56 bits per heavy atom. The zero-order valence-corrected chi connectivity index (χ0v) is 20.4. The second-order valence-electron chi connectivity index (χ2n) is 8.42. The van der Waals surface area contributed by atoms with Gasteiger partial charge in [-0.05, 0) is 69.5 Å². The van der Waals surface area contributed by atoms with E-state index in [0.29, 0.717) is 22.9 Å². The van der Waals surface area contributed by atoms with Crippen LogP contribution in [-0.4, -0.2) is 40.8 Å². The molecule has 2 aromatic rings. The molecule has 1 aliphatic rings. The van der Waals surface area contributed by atoms with Crippen molar-refractivity contribution < 1.29 is 4.79 Å². The molecule has 1 saturated heterocycles. The van der Waals surface area contributed by atoms with E-state index in [2.05, 4.69) is 60.7 Å². The Morgan fingerprint density at radius 2 is 1.97 bits per heavy atom. The largest absolute Gasteiger partial charge is 0.324 e. The van der Waals surface area contributed by atoms with Crippen LogP contribution in [0, 0.1) is 5.92 Å². The summed E-state index contributed by atoms with van der Waals surface area (Å²) in [7, 11) is 0. The van der Waals surface area contributed by atoms with Crippen molar-refractivity contribution in [3.05, 3.63) is 42.1 Å². The van der Waals surface area contributed by atoms with Crippen molar-refractivity contribution in [3.8, 4) is 0 Å². The molecule has 32 heavy (non-hydrogen) atoms. The van der Waals surface area contributed by atoms with Crippen LogP contribution >= 0.6 is 11.8 Å². The number of thioether (sulfide) groups is 1. The summed E-state index contributed by atoms with van der Waals surface area (Å²) in [6.45, 7) is 10.5. The van der Waals surface area contributed by atoms with Crippen LogP contribution in [0.15, 0.2) is 41.4 Å². The highest BCUT2D eigenvalue weighted by molar-refractivity contribution is 8.00. The van der Waals surface area contributed by atoms with Crippen LogP contribution in [-0.2, 0) is 4.79 Å². The van der Waals surface area contributed by atoms with E-state index in [4.69, 9.17) is 4.98 Å². The minimum absolute atomic E-state index is 0.0746. The molecule has 1 unspecified atom stereocenters. The second-order valence-corrected chi connectivity index (χ2v) is 9.80. The number of piperidine rings is 1. The van der Waals surface area contributed by atoms with Gasteiger partial charge in [0.1, 0.15) is 5.82 Å². The van der Waals surface area contributed by atoms with E-state index in [9.17, 15) is 4.79 Å². The number of aromatic nitrogens is 2. The van der Waals surface area contributed by atoms with Crippen molar-refractivity contribution in [2.45, 2.75) is 63.1 Å². The minimum Gasteiger partial charge on any atom is -0.324 e. The lowest BCUT2D eigenvalue weighted by atomic mass is 10.00. The number of amides is 1. The van der Waals surface area contributed by atoms with E-state index in [-0.39, 0.29) is 6.04 Å². The lowest BCUT2D eigenvalue weighted by Crippen LogP contribution is -2.38. The third kappa shape index (κ3) is 6.33. The maximum Gasteiger partial charge on any atom is 0.229 e. The van der Waals surface area contributed by atoms with Gasteiger partial charge in [0.05, 0.1) is 0 Å². The number of nitrogens with zero attached hydrogens (tertiary/aromatic N) is 3. The van der Waals surface area contributed by atoms with E-state index in [0.717, 1.165) is 37.2 Å². The number of allylic oxidation sites excluding steroid dienone is 1. The molecule has 1 fully saturated rings. The van der Waals surface area contributed by atoms with Gasteiger partial charge in [0.25, 0.3) is 0 Å². The van der Waals surface area contributed by atoms with Crippen LogP contribution < -0.4 is 15.5 Å². The highest BCUT2D eigenvalue weighted by atomic mass is 32.2. The normalized spacial score (nSPS) is 15.8. The van der Waals surface area contributed by atoms with Crippen LogP contribution in [0.25, 0.3) is 6.08 Å². The third-order valence-corrected chi connectivity index (χ3v) is 7.09. The number of nitrogens with one attached hydrogen (secondary N) is 2. The Hall–Kier alpha value is -2.38. The fourth-order valence-corrected chi connectivity index (χ4v) is 5.22. The summed E-state index contributed by atoms with van der Waals surface area (Å²) >= 11 is 1.95. The molecule has 3 rings (SSSR count). The number of benzene rings is 1. The number of anilines is 3. The van der Waals surface area contributed by atoms with Crippen molar-refractivity contribution in [3.63, 3.8) is 0 Å². The molecule has 1 aliphatic heterocycles. The Kier molecular flexibility index (Phi) is 9.11. The van der Waals surface area contributed by atoms with Gasteiger partial charge in [-0.25, -0.2) is 4.98 Å².